The van der Waals surface area contributed by atoms with E-state index in [0.717, 1.165) is 26.1 Å². The van der Waals surface area contributed by atoms with Crippen molar-refractivity contribution in [2.75, 3.05) is 26.2 Å². The van der Waals surface area contributed by atoms with Gasteiger partial charge < -0.3 is 15.1 Å². The summed E-state index contributed by atoms with van der Waals surface area (Å²) in [4.78, 5) is 2.46. The molecule has 1 aromatic heterocycles. The third-order valence-corrected chi connectivity index (χ3v) is 5.29. The van der Waals surface area contributed by atoms with Crippen LogP contribution < -0.4 is 10.5 Å². The number of aryl methyl sites for hydroxylation is 2. The first-order valence-corrected chi connectivity index (χ1v) is 8.86. The molecule has 1 rings (SSSR count). The molecule has 0 radical (unpaired) electrons. The lowest BCUT2D eigenvalue weighted by Crippen LogP contribution is -2.30. The molecule has 0 bridgehead atoms. The smallest absolute Gasteiger partial charge is 0.244 e. The van der Waals surface area contributed by atoms with Crippen molar-refractivity contribution in [2.24, 2.45) is 5.73 Å². The Hall–Kier alpha value is -0.890. The van der Waals surface area contributed by atoms with E-state index in [2.05, 4.69) is 23.5 Å². The highest BCUT2D eigenvalue weighted by Gasteiger charge is 2.25. The molecule has 0 aliphatic heterocycles. The molecule has 21 heavy (non-hydrogen) atoms. The number of rotatable bonds is 9. The largest absolute Gasteiger partial charge is 0.465 e. The van der Waals surface area contributed by atoms with Crippen molar-refractivity contribution in [3.05, 3.63) is 17.1 Å². The minimum Gasteiger partial charge on any atom is -0.465 e. The maximum absolute atomic E-state index is 12.4. The first-order valence-electron chi connectivity index (χ1n) is 7.38. The number of nitrogens with zero attached hydrogens (tertiary/aromatic N) is 1. The van der Waals surface area contributed by atoms with E-state index in [-0.39, 0.29) is 11.4 Å². The molecule has 0 aliphatic rings. The second-order valence-corrected chi connectivity index (χ2v) is 6.71. The van der Waals surface area contributed by atoms with Crippen LogP contribution in [0.1, 0.15) is 37.4 Å². The minimum absolute atomic E-state index is 0.152. The van der Waals surface area contributed by atoms with E-state index in [1.807, 2.05) is 0 Å². The summed E-state index contributed by atoms with van der Waals surface area (Å²) < 4.78 is 32.8. The van der Waals surface area contributed by atoms with E-state index in [1.165, 1.54) is 0 Å². The molecule has 0 amide bonds. The monoisotopic (exact) mass is 317 g/mol. The van der Waals surface area contributed by atoms with Crippen LogP contribution in [0.25, 0.3) is 0 Å². The second-order valence-electron chi connectivity index (χ2n) is 5.00. The quantitative estimate of drug-likeness (QED) is 0.672. The molecule has 0 aromatic carbocycles. The summed E-state index contributed by atoms with van der Waals surface area (Å²) in [6.45, 7) is 11.0. The number of nitrogens with one attached hydrogen (secondary N) is 1. The van der Waals surface area contributed by atoms with Crippen molar-refractivity contribution < 1.29 is 12.8 Å². The Morgan fingerprint density at radius 1 is 1.19 bits per heavy atom. The summed E-state index contributed by atoms with van der Waals surface area (Å²) in [5, 5.41) is 0. The standard InChI is InChI=1S/C14H27N3O3S/c1-5-17(6-2)9-7-8-16-21(18,19)14-12(4)20-11(3)13(14)10-15/h16H,5-10,15H2,1-4H3. The highest BCUT2D eigenvalue weighted by molar-refractivity contribution is 7.89. The summed E-state index contributed by atoms with van der Waals surface area (Å²) in [5.41, 5.74) is 6.19. The Bertz CT molecular complexity index is 548. The number of sulfonamides is 1. The first kappa shape index (κ1) is 18.2. The van der Waals surface area contributed by atoms with Crippen molar-refractivity contribution in [2.45, 2.75) is 45.6 Å². The molecule has 0 atom stereocenters. The summed E-state index contributed by atoms with van der Waals surface area (Å²) in [6, 6.07) is 0. The zero-order valence-electron chi connectivity index (χ0n) is 13.4. The maximum Gasteiger partial charge on any atom is 0.244 e. The van der Waals surface area contributed by atoms with Gasteiger partial charge in [0.15, 0.2) is 0 Å². The van der Waals surface area contributed by atoms with Gasteiger partial charge in [0.2, 0.25) is 10.0 Å². The van der Waals surface area contributed by atoms with Crippen molar-refractivity contribution >= 4 is 10.0 Å². The Labute approximate surface area is 127 Å². The molecular weight excluding hydrogens is 290 g/mol. The third kappa shape index (κ3) is 4.54. The highest BCUT2D eigenvalue weighted by atomic mass is 32.2. The minimum atomic E-state index is -3.57. The average molecular weight is 317 g/mol. The SMILES string of the molecule is CCN(CC)CCCNS(=O)(=O)c1c(C)oc(C)c1CN. The number of hydrogen-bond donors (Lipinski definition) is 2. The molecule has 0 spiro atoms. The molecule has 3 N–H and O–H groups in total. The summed E-state index contributed by atoms with van der Waals surface area (Å²) in [5.74, 6) is 0.961. The van der Waals surface area contributed by atoms with Crippen LogP contribution in [0.2, 0.25) is 0 Å². The predicted octanol–water partition coefficient (Wildman–Crippen LogP) is 1.37. The zero-order chi connectivity index (χ0) is 16.0. The predicted molar refractivity (Wildman–Crippen MR) is 83.7 cm³/mol. The fourth-order valence-electron chi connectivity index (χ4n) is 2.42. The van der Waals surface area contributed by atoms with Gasteiger partial charge in [-0.05, 0) is 39.9 Å². The van der Waals surface area contributed by atoms with Gasteiger partial charge in [-0.2, -0.15) is 0 Å². The van der Waals surface area contributed by atoms with E-state index < -0.39 is 10.0 Å². The topological polar surface area (TPSA) is 88.6 Å². The lowest BCUT2D eigenvalue weighted by atomic mass is 10.2. The lowest BCUT2D eigenvalue weighted by molar-refractivity contribution is 0.300. The summed E-state index contributed by atoms with van der Waals surface area (Å²) in [6.07, 6.45) is 0.773. The summed E-state index contributed by atoms with van der Waals surface area (Å²) >= 11 is 0. The number of nitrogens with two attached hydrogens (primary N) is 1. The van der Waals surface area contributed by atoms with Crippen LogP contribution in [0.3, 0.4) is 0 Å². The number of hydrogen-bond acceptors (Lipinski definition) is 5. The third-order valence-electron chi connectivity index (χ3n) is 3.64. The zero-order valence-corrected chi connectivity index (χ0v) is 14.2. The van der Waals surface area contributed by atoms with Gasteiger partial charge in [-0.25, -0.2) is 13.1 Å². The van der Waals surface area contributed by atoms with E-state index in [9.17, 15) is 8.42 Å². The Balaban J connectivity index is 2.71. The molecular formula is C14H27N3O3S. The van der Waals surface area contributed by atoms with E-state index >= 15 is 0 Å². The Kier molecular flexibility index (Phi) is 6.86. The van der Waals surface area contributed by atoms with Crippen molar-refractivity contribution in [3.8, 4) is 0 Å². The molecule has 1 aromatic rings. The molecule has 0 saturated heterocycles. The molecule has 0 saturated carbocycles. The maximum atomic E-state index is 12.4. The molecule has 122 valence electrons. The second kappa shape index (κ2) is 7.93. The van der Waals surface area contributed by atoms with Crippen LogP contribution in [0.5, 0.6) is 0 Å². The number of furan rings is 1. The molecule has 7 heteroatoms. The van der Waals surface area contributed by atoms with Gasteiger partial charge in [0, 0.05) is 18.7 Å². The van der Waals surface area contributed by atoms with Crippen LogP contribution in [0, 0.1) is 13.8 Å². The normalized spacial score (nSPS) is 12.3. The molecule has 0 fully saturated rings. The Morgan fingerprint density at radius 3 is 2.33 bits per heavy atom. The molecule has 6 nitrogen and oxygen atoms in total. The van der Waals surface area contributed by atoms with E-state index in [1.54, 1.807) is 13.8 Å². The fraction of sp³-hybridized carbons (Fsp3) is 0.714. The molecule has 0 unspecified atom stereocenters. The average Bonchev–Trinajstić information content (AvgIpc) is 2.73. The van der Waals surface area contributed by atoms with Gasteiger partial charge in [-0.15, -0.1) is 0 Å². The van der Waals surface area contributed by atoms with Crippen molar-refractivity contribution in [3.63, 3.8) is 0 Å². The molecule has 0 aliphatic carbocycles. The van der Waals surface area contributed by atoms with E-state index in [4.69, 9.17) is 10.2 Å². The fourth-order valence-corrected chi connectivity index (χ4v) is 3.95. The van der Waals surface area contributed by atoms with Gasteiger partial charge in [0.1, 0.15) is 16.4 Å². The van der Waals surface area contributed by atoms with Gasteiger partial charge in [-0.1, -0.05) is 13.8 Å². The van der Waals surface area contributed by atoms with Gasteiger partial charge in [0.05, 0.1) is 0 Å². The van der Waals surface area contributed by atoms with Crippen LogP contribution in [-0.2, 0) is 16.6 Å². The van der Waals surface area contributed by atoms with Gasteiger partial charge in [-0.3, -0.25) is 0 Å². The van der Waals surface area contributed by atoms with E-state index in [0.29, 0.717) is 23.6 Å². The summed E-state index contributed by atoms with van der Waals surface area (Å²) in [7, 11) is -3.57. The highest BCUT2D eigenvalue weighted by Crippen LogP contribution is 2.25. The Morgan fingerprint density at radius 2 is 1.81 bits per heavy atom. The van der Waals surface area contributed by atoms with Crippen LogP contribution >= 0.6 is 0 Å². The van der Waals surface area contributed by atoms with Crippen LogP contribution in [0.4, 0.5) is 0 Å². The van der Waals surface area contributed by atoms with Crippen molar-refractivity contribution in [1.29, 1.82) is 0 Å². The van der Waals surface area contributed by atoms with Crippen molar-refractivity contribution in [1.82, 2.24) is 9.62 Å². The lowest BCUT2D eigenvalue weighted by Gasteiger charge is -2.17. The van der Waals surface area contributed by atoms with Gasteiger partial charge >= 0.3 is 0 Å². The van der Waals surface area contributed by atoms with Crippen LogP contribution in [0.15, 0.2) is 9.31 Å². The molecule has 1 heterocycles. The van der Waals surface area contributed by atoms with Gasteiger partial charge in [0.25, 0.3) is 0 Å². The first-order chi connectivity index (χ1) is 9.87. The van der Waals surface area contributed by atoms with Crippen LogP contribution in [-0.4, -0.2) is 39.5 Å².